The summed E-state index contributed by atoms with van der Waals surface area (Å²) in [5.74, 6) is 5.16. The molecule has 3 nitrogen and oxygen atoms in total. The minimum Gasteiger partial charge on any atom is -0.328 e. The van der Waals surface area contributed by atoms with Gasteiger partial charge in [0.05, 0.1) is 6.10 Å². The summed E-state index contributed by atoms with van der Waals surface area (Å²) in [6.45, 7) is 0. The van der Waals surface area contributed by atoms with Gasteiger partial charge in [-0.25, -0.2) is 0 Å². The van der Waals surface area contributed by atoms with Crippen molar-refractivity contribution in [3.63, 3.8) is 0 Å². The van der Waals surface area contributed by atoms with Crippen LogP contribution < -0.4 is 0 Å². The average Bonchev–Trinajstić information content (AvgIpc) is 3.51. The van der Waals surface area contributed by atoms with Crippen molar-refractivity contribution in [2.24, 2.45) is 35.5 Å². The molecule has 0 aliphatic heterocycles. The highest BCUT2D eigenvalue weighted by molar-refractivity contribution is 7.40. The second-order valence-electron chi connectivity index (χ2n) is 8.78. The van der Waals surface area contributed by atoms with Crippen LogP contribution in [0.2, 0.25) is 0 Å². The van der Waals surface area contributed by atoms with Crippen LogP contribution in [-0.4, -0.2) is 18.1 Å². The Bertz CT molecular complexity index is 506. The number of hydrogen-bond acceptors (Lipinski definition) is 3. The molecule has 0 aromatic heterocycles. The molecule has 8 atom stereocenters. The standard InChI is InChI=1S/C8H13O3P.2C7H10/c1-10-12(9)11-8-5-6-2-3-7(8)4-6;2*1-2-7-4-3-6(1)5-7/h2-3,6-9H,4-5H2,1H3;2*1-2,6-7H,3-5H2. The lowest BCUT2D eigenvalue weighted by Crippen LogP contribution is -2.15. The van der Waals surface area contributed by atoms with E-state index in [1.165, 1.54) is 52.1 Å². The molecule has 4 heteroatoms. The van der Waals surface area contributed by atoms with Crippen LogP contribution in [0.25, 0.3) is 0 Å². The molecule has 3 fully saturated rings. The maximum Gasteiger partial charge on any atom is 0.329 e. The summed E-state index contributed by atoms with van der Waals surface area (Å²) in [4.78, 5) is 9.14. The number of fused-ring (bicyclic) bond motifs is 6. The molecule has 6 aliphatic rings. The summed E-state index contributed by atoms with van der Waals surface area (Å²) in [6.07, 6.45) is 25.2. The molecule has 6 aliphatic carbocycles. The van der Waals surface area contributed by atoms with E-state index in [2.05, 4.69) is 36.5 Å². The van der Waals surface area contributed by atoms with E-state index >= 15 is 0 Å². The van der Waals surface area contributed by atoms with Gasteiger partial charge in [0.25, 0.3) is 0 Å². The maximum atomic E-state index is 9.14. The fourth-order valence-corrected chi connectivity index (χ4v) is 6.00. The molecule has 0 amide bonds. The van der Waals surface area contributed by atoms with E-state index in [1.54, 1.807) is 0 Å². The Morgan fingerprint density at radius 1 is 0.692 bits per heavy atom. The van der Waals surface area contributed by atoms with Crippen molar-refractivity contribution in [3.8, 4) is 0 Å². The van der Waals surface area contributed by atoms with Gasteiger partial charge >= 0.3 is 8.60 Å². The molecule has 6 bridgehead atoms. The minimum atomic E-state index is -1.64. The van der Waals surface area contributed by atoms with Crippen LogP contribution in [-0.2, 0) is 9.05 Å². The van der Waals surface area contributed by atoms with Crippen molar-refractivity contribution in [3.05, 3.63) is 36.5 Å². The van der Waals surface area contributed by atoms with Gasteiger partial charge in [0, 0.05) is 13.0 Å². The van der Waals surface area contributed by atoms with Gasteiger partial charge in [-0.3, -0.25) is 0 Å². The Morgan fingerprint density at radius 3 is 1.46 bits per heavy atom. The fraction of sp³-hybridized carbons (Fsp3) is 0.727. The summed E-state index contributed by atoms with van der Waals surface area (Å²) in [5, 5.41) is 0. The smallest absolute Gasteiger partial charge is 0.328 e. The quantitative estimate of drug-likeness (QED) is 0.501. The Labute approximate surface area is 159 Å². The van der Waals surface area contributed by atoms with Crippen molar-refractivity contribution < 1.29 is 13.9 Å². The summed E-state index contributed by atoms with van der Waals surface area (Å²) >= 11 is 0. The van der Waals surface area contributed by atoms with Gasteiger partial charge in [0.1, 0.15) is 0 Å². The first-order valence-electron chi connectivity index (χ1n) is 10.4. The molecule has 8 unspecified atom stereocenters. The lowest BCUT2D eigenvalue weighted by Gasteiger charge is -2.19. The fourth-order valence-electron chi connectivity index (χ4n) is 5.44. The van der Waals surface area contributed by atoms with E-state index in [-0.39, 0.29) is 6.10 Å². The largest absolute Gasteiger partial charge is 0.329 e. The van der Waals surface area contributed by atoms with Crippen LogP contribution in [0.4, 0.5) is 0 Å². The second kappa shape index (κ2) is 8.69. The van der Waals surface area contributed by atoms with Crippen molar-refractivity contribution >= 4 is 8.60 Å². The zero-order chi connectivity index (χ0) is 17.9. The molecular weight excluding hydrogens is 343 g/mol. The molecule has 0 spiro atoms. The summed E-state index contributed by atoms with van der Waals surface area (Å²) in [6, 6.07) is 0. The van der Waals surface area contributed by atoms with Crippen LogP contribution >= 0.6 is 8.60 Å². The van der Waals surface area contributed by atoms with E-state index in [0.717, 1.165) is 30.1 Å². The van der Waals surface area contributed by atoms with Gasteiger partial charge in [-0.1, -0.05) is 36.5 Å². The molecular formula is C22H33O3P. The molecule has 1 N–H and O–H groups in total. The van der Waals surface area contributed by atoms with Gasteiger partial charge in [-0.05, 0) is 81.0 Å². The zero-order valence-corrected chi connectivity index (χ0v) is 16.8. The predicted octanol–water partition coefficient (Wildman–Crippen LogP) is 5.78. The molecule has 0 aromatic rings. The Kier molecular flexibility index (Phi) is 6.31. The minimum absolute atomic E-state index is 0.191. The van der Waals surface area contributed by atoms with E-state index < -0.39 is 8.60 Å². The molecule has 6 rings (SSSR count). The third-order valence-electron chi connectivity index (χ3n) is 6.94. The number of rotatable bonds is 3. The highest BCUT2D eigenvalue weighted by atomic mass is 31.2. The van der Waals surface area contributed by atoms with Crippen LogP contribution in [0.1, 0.15) is 51.4 Å². The topological polar surface area (TPSA) is 38.7 Å². The summed E-state index contributed by atoms with van der Waals surface area (Å²) < 4.78 is 10.0. The third-order valence-corrected chi connectivity index (χ3v) is 7.70. The first kappa shape index (κ1) is 18.9. The average molecular weight is 376 g/mol. The third kappa shape index (κ3) is 4.68. The molecule has 3 saturated carbocycles. The van der Waals surface area contributed by atoms with Crippen LogP contribution in [0.5, 0.6) is 0 Å². The van der Waals surface area contributed by atoms with Crippen molar-refractivity contribution in [1.29, 1.82) is 0 Å². The first-order chi connectivity index (χ1) is 12.7. The molecule has 0 saturated heterocycles. The lowest BCUT2D eigenvalue weighted by molar-refractivity contribution is 0.138. The first-order valence-corrected chi connectivity index (χ1v) is 11.6. The summed E-state index contributed by atoms with van der Waals surface area (Å²) in [7, 11) is -0.168. The van der Waals surface area contributed by atoms with E-state index in [4.69, 9.17) is 13.9 Å². The predicted molar refractivity (Wildman–Crippen MR) is 106 cm³/mol. The Morgan fingerprint density at radius 2 is 1.19 bits per heavy atom. The molecule has 0 aromatic carbocycles. The zero-order valence-electron chi connectivity index (χ0n) is 15.9. The molecule has 0 heterocycles. The molecule has 26 heavy (non-hydrogen) atoms. The van der Waals surface area contributed by atoms with Crippen LogP contribution in [0, 0.1) is 35.5 Å². The second-order valence-corrected chi connectivity index (χ2v) is 9.83. The molecule has 0 radical (unpaired) electrons. The Balaban J connectivity index is 0.000000103. The monoisotopic (exact) mass is 376 g/mol. The van der Waals surface area contributed by atoms with Gasteiger partial charge in [-0.15, -0.1) is 0 Å². The van der Waals surface area contributed by atoms with E-state index in [1.807, 2.05) is 0 Å². The lowest BCUT2D eigenvalue weighted by atomic mass is 10.1. The highest BCUT2D eigenvalue weighted by Crippen LogP contribution is 2.46. The van der Waals surface area contributed by atoms with Gasteiger partial charge in [0.15, 0.2) is 0 Å². The van der Waals surface area contributed by atoms with Crippen molar-refractivity contribution in [2.75, 3.05) is 7.11 Å². The normalized spacial score (nSPS) is 43.4. The summed E-state index contributed by atoms with van der Waals surface area (Å²) in [5.41, 5.74) is 0. The van der Waals surface area contributed by atoms with Crippen molar-refractivity contribution in [2.45, 2.75) is 57.5 Å². The van der Waals surface area contributed by atoms with Crippen molar-refractivity contribution in [1.82, 2.24) is 0 Å². The van der Waals surface area contributed by atoms with Gasteiger partial charge < -0.3 is 13.9 Å². The highest BCUT2D eigenvalue weighted by Gasteiger charge is 2.37. The Hall–Kier alpha value is -0.470. The van der Waals surface area contributed by atoms with E-state index in [9.17, 15) is 0 Å². The van der Waals surface area contributed by atoms with Crippen LogP contribution in [0.15, 0.2) is 36.5 Å². The maximum absolute atomic E-state index is 9.14. The number of hydrogen-bond donors (Lipinski definition) is 1. The number of allylic oxidation sites excluding steroid dienone is 5. The van der Waals surface area contributed by atoms with Crippen LogP contribution in [0.3, 0.4) is 0 Å². The van der Waals surface area contributed by atoms with E-state index in [0.29, 0.717) is 11.8 Å². The SMILES string of the molecule is C1=CC2CCC1C2.C1=CC2CCC1C2.COP(O)OC1CC2C=CC1C2. The van der Waals surface area contributed by atoms with Gasteiger partial charge in [0.2, 0.25) is 0 Å². The van der Waals surface area contributed by atoms with Gasteiger partial charge in [-0.2, -0.15) is 0 Å². The molecule has 144 valence electrons.